The predicted octanol–water partition coefficient (Wildman–Crippen LogP) is 2.35. The van der Waals surface area contributed by atoms with Gasteiger partial charge in [-0.3, -0.25) is 4.55 Å². The maximum Gasteiger partial charge on any atom is 0.328 e. The van der Waals surface area contributed by atoms with Crippen molar-refractivity contribution in [2.24, 2.45) is 4.99 Å². The Morgan fingerprint density at radius 1 is 1.46 bits per heavy atom. The molecule has 0 spiro atoms. The SMILES string of the molecule is CCCCN/C(=N\c1ccc(-c2c[nH]cn2)cc1OC)S(=O)(=O)O. The van der Waals surface area contributed by atoms with Crippen molar-refractivity contribution in [2.45, 2.75) is 19.8 Å². The van der Waals surface area contributed by atoms with Gasteiger partial charge in [-0.2, -0.15) is 8.42 Å². The van der Waals surface area contributed by atoms with E-state index in [1.54, 1.807) is 30.7 Å². The van der Waals surface area contributed by atoms with Crippen LogP contribution in [-0.4, -0.2) is 41.8 Å². The van der Waals surface area contributed by atoms with Gasteiger partial charge >= 0.3 is 10.1 Å². The minimum atomic E-state index is -4.46. The van der Waals surface area contributed by atoms with Gasteiger partial charge in [-0.25, -0.2) is 9.98 Å². The average molecular weight is 352 g/mol. The second kappa shape index (κ2) is 7.93. The van der Waals surface area contributed by atoms with E-state index in [2.05, 4.69) is 20.3 Å². The summed E-state index contributed by atoms with van der Waals surface area (Å²) in [7, 11) is -3.00. The van der Waals surface area contributed by atoms with E-state index in [4.69, 9.17) is 4.74 Å². The van der Waals surface area contributed by atoms with Gasteiger partial charge in [-0.15, -0.1) is 0 Å². The molecule has 0 radical (unpaired) electrons. The van der Waals surface area contributed by atoms with E-state index in [0.29, 0.717) is 12.3 Å². The fraction of sp³-hybridized carbons (Fsp3) is 0.333. The van der Waals surface area contributed by atoms with Crippen molar-refractivity contribution in [2.75, 3.05) is 13.7 Å². The summed E-state index contributed by atoms with van der Waals surface area (Å²) >= 11 is 0. The number of imidazole rings is 1. The van der Waals surface area contributed by atoms with Gasteiger partial charge in [0.1, 0.15) is 11.4 Å². The molecule has 0 atom stereocenters. The first-order valence-electron chi connectivity index (χ1n) is 7.43. The number of nitrogens with one attached hydrogen (secondary N) is 2. The van der Waals surface area contributed by atoms with Crippen molar-refractivity contribution in [1.29, 1.82) is 0 Å². The van der Waals surface area contributed by atoms with E-state index >= 15 is 0 Å². The number of hydrogen-bond acceptors (Lipinski definition) is 5. The molecule has 9 heteroatoms. The molecule has 0 unspecified atom stereocenters. The molecule has 0 aliphatic carbocycles. The summed E-state index contributed by atoms with van der Waals surface area (Å²) < 4.78 is 37.6. The molecule has 1 aromatic heterocycles. The topological polar surface area (TPSA) is 117 Å². The first-order chi connectivity index (χ1) is 11.5. The molecule has 2 rings (SSSR count). The van der Waals surface area contributed by atoms with E-state index in [0.717, 1.165) is 24.1 Å². The van der Waals surface area contributed by atoms with Crippen LogP contribution in [0.3, 0.4) is 0 Å². The molecular weight excluding hydrogens is 332 g/mol. The highest BCUT2D eigenvalue weighted by molar-refractivity contribution is 8.01. The number of aliphatic imine (C=N–C) groups is 1. The van der Waals surface area contributed by atoms with Crippen LogP contribution in [0.5, 0.6) is 5.75 Å². The van der Waals surface area contributed by atoms with Gasteiger partial charge in [-0.05, 0) is 18.6 Å². The monoisotopic (exact) mass is 352 g/mol. The highest BCUT2D eigenvalue weighted by atomic mass is 32.2. The van der Waals surface area contributed by atoms with Gasteiger partial charge < -0.3 is 15.0 Å². The third-order valence-corrected chi connectivity index (χ3v) is 3.97. The van der Waals surface area contributed by atoms with Crippen molar-refractivity contribution >= 4 is 21.0 Å². The molecule has 1 aromatic carbocycles. The van der Waals surface area contributed by atoms with Crippen LogP contribution in [0, 0.1) is 0 Å². The Bertz CT molecular complexity index is 801. The molecule has 0 fully saturated rings. The number of aromatic nitrogens is 2. The second-order valence-corrected chi connectivity index (χ2v) is 6.35. The van der Waals surface area contributed by atoms with Crippen LogP contribution in [0.2, 0.25) is 0 Å². The molecule has 2 aromatic rings. The minimum absolute atomic E-state index is 0.286. The van der Waals surface area contributed by atoms with Crippen molar-refractivity contribution in [3.05, 3.63) is 30.7 Å². The standard InChI is InChI=1S/C15H20N4O4S/c1-3-4-7-17-15(24(20,21)22)19-12-6-5-11(8-14(12)23-2)13-9-16-10-18-13/h5-6,8-10H,3-4,7H2,1-2H3,(H,16,18)(H,17,19)(H,20,21,22). The van der Waals surface area contributed by atoms with Crippen LogP contribution < -0.4 is 10.1 Å². The Morgan fingerprint density at radius 3 is 2.83 bits per heavy atom. The molecule has 0 saturated carbocycles. The lowest BCUT2D eigenvalue weighted by Gasteiger charge is -2.10. The van der Waals surface area contributed by atoms with Crippen LogP contribution >= 0.6 is 0 Å². The summed E-state index contributed by atoms with van der Waals surface area (Å²) in [6.07, 6.45) is 4.92. The number of hydrogen-bond donors (Lipinski definition) is 3. The van der Waals surface area contributed by atoms with Gasteiger partial charge in [0.15, 0.2) is 0 Å². The molecule has 0 bridgehead atoms. The normalized spacial score (nSPS) is 12.2. The maximum atomic E-state index is 11.5. The molecule has 24 heavy (non-hydrogen) atoms. The largest absolute Gasteiger partial charge is 0.494 e. The van der Waals surface area contributed by atoms with Crippen LogP contribution in [-0.2, 0) is 10.1 Å². The Morgan fingerprint density at radius 2 is 2.25 bits per heavy atom. The highest BCUT2D eigenvalue weighted by Gasteiger charge is 2.17. The lowest BCUT2D eigenvalue weighted by molar-refractivity contribution is 0.416. The molecule has 0 aliphatic heterocycles. The average Bonchev–Trinajstić information content (AvgIpc) is 3.07. The van der Waals surface area contributed by atoms with Crippen molar-refractivity contribution < 1.29 is 17.7 Å². The van der Waals surface area contributed by atoms with Crippen LogP contribution in [0.1, 0.15) is 19.8 Å². The minimum Gasteiger partial charge on any atom is -0.494 e. The number of benzene rings is 1. The second-order valence-electron chi connectivity index (χ2n) is 5.01. The van der Waals surface area contributed by atoms with E-state index in [-0.39, 0.29) is 5.69 Å². The number of aromatic amines is 1. The Hall–Kier alpha value is -2.39. The highest BCUT2D eigenvalue weighted by Crippen LogP contribution is 2.32. The van der Waals surface area contributed by atoms with E-state index < -0.39 is 15.3 Å². The Balaban J connectivity index is 2.37. The number of H-pyrrole nitrogens is 1. The lowest BCUT2D eigenvalue weighted by Crippen LogP contribution is -2.31. The van der Waals surface area contributed by atoms with Gasteiger partial charge in [0.2, 0.25) is 5.17 Å². The van der Waals surface area contributed by atoms with Gasteiger partial charge in [0, 0.05) is 18.3 Å². The summed E-state index contributed by atoms with van der Waals surface area (Å²) in [6.45, 7) is 2.37. The number of rotatable bonds is 6. The Kier molecular flexibility index (Phi) is 5.93. The van der Waals surface area contributed by atoms with Gasteiger partial charge in [0.05, 0.1) is 19.1 Å². The fourth-order valence-corrected chi connectivity index (χ4v) is 2.52. The fourth-order valence-electron chi connectivity index (χ4n) is 2.02. The zero-order valence-corrected chi connectivity index (χ0v) is 14.3. The third-order valence-electron chi connectivity index (χ3n) is 3.25. The quantitative estimate of drug-likeness (QED) is 0.318. The number of amidine groups is 1. The summed E-state index contributed by atoms with van der Waals surface area (Å²) in [5.74, 6) is 0.369. The first kappa shape index (κ1) is 18.0. The van der Waals surface area contributed by atoms with Crippen molar-refractivity contribution in [3.63, 3.8) is 0 Å². The Labute approximate surface area is 140 Å². The van der Waals surface area contributed by atoms with Gasteiger partial charge in [0.25, 0.3) is 0 Å². The molecule has 130 valence electrons. The molecule has 0 saturated heterocycles. The number of methoxy groups -OCH3 is 1. The number of ether oxygens (including phenoxy) is 1. The smallest absolute Gasteiger partial charge is 0.328 e. The summed E-state index contributed by atoms with van der Waals surface area (Å²) in [5.41, 5.74) is 1.80. The number of unbranched alkanes of at least 4 members (excludes halogenated alkanes) is 1. The van der Waals surface area contributed by atoms with Crippen molar-refractivity contribution in [1.82, 2.24) is 15.3 Å². The molecule has 3 N–H and O–H groups in total. The van der Waals surface area contributed by atoms with Crippen molar-refractivity contribution in [3.8, 4) is 17.0 Å². The summed E-state index contributed by atoms with van der Waals surface area (Å²) in [5, 5.41) is 2.14. The zero-order chi connectivity index (χ0) is 17.6. The van der Waals surface area contributed by atoms with Gasteiger partial charge in [-0.1, -0.05) is 19.4 Å². The molecule has 0 aliphatic rings. The molecular formula is C15H20N4O4S. The van der Waals surface area contributed by atoms with E-state index in [9.17, 15) is 13.0 Å². The lowest BCUT2D eigenvalue weighted by atomic mass is 10.1. The van der Waals surface area contributed by atoms with E-state index in [1.807, 2.05) is 6.92 Å². The summed E-state index contributed by atoms with van der Waals surface area (Å²) in [6, 6.07) is 5.05. The van der Waals surface area contributed by atoms with Crippen LogP contribution in [0.4, 0.5) is 5.69 Å². The molecule has 0 amide bonds. The first-order valence-corrected chi connectivity index (χ1v) is 8.87. The zero-order valence-electron chi connectivity index (χ0n) is 13.5. The molecule has 1 heterocycles. The number of nitrogens with zero attached hydrogens (tertiary/aromatic N) is 2. The van der Waals surface area contributed by atoms with E-state index in [1.165, 1.54) is 7.11 Å². The third kappa shape index (κ3) is 4.56. The summed E-state index contributed by atoms with van der Waals surface area (Å²) in [4.78, 5) is 11.0. The maximum absolute atomic E-state index is 11.5. The van der Waals surface area contributed by atoms with Crippen LogP contribution in [0.15, 0.2) is 35.7 Å². The predicted molar refractivity (Wildman–Crippen MR) is 92.1 cm³/mol. The van der Waals surface area contributed by atoms with Crippen LogP contribution in [0.25, 0.3) is 11.3 Å². The molecule has 8 nitrogen and oxygen atoms in total.